The van der Waals surface area contributed by atoms with Gasteiger partial charge in [-0.1, -0.05) is 0 Å². The van der Waals surface area contributed by atoms with E-state index in [1.807, 2.05) is 0 Å². The second-order valence-electron chi connectivity index (χ2n) is 8.97. The Hall–Kier alpha value is -3.64. The van der Waals surface area contributed by atoms with Crippen LogP contribution in [0.4, 0.5) is 20.3 Å². The molecule has 0 amide bonds. The lowest BCUT2D eigenvalue weighted by Crippen LogP contribution is -2.30. The van der Waals surface area contributed by atoms with Crippen molar-refractivity contribution in [2.45, 2.75) is 25.5 Å². The molecule has 4 N–H and O–H groups in total. The van der Waals surface area contributed by atoms with Gasteiger partial charge in [-0.15, -0.1) is 0 Å². The molecule has 0 unspecified atom stereocenters. The standard InChI is InChI=1S/C23H24F2N8O2/c1-10(34)20-28-6-12(7-29-20)35-23-31-21-17(16-18(25)13(24)5-14(26-2)19(16)30-21)22(32-23)33-8-11-3-4-27-15(11)9-33/h5-7,10-11,15,26-27,34H,3-4,8-9H2,1-2H3,(H,30,31,32)/t10-,11-,15+/m1/s1. The maximum Gasteiger partial charge on any atom is 0.326 e. The minimum absolute atomic E-state index is 0.0179. The van der Waals surface area contributed by atoms with Crippen LogP contribution in [-0.4, -0.2) is 62.8 Å². The van der Waals surface area contributed by atoms with E-state index in [9.17, 15) is 9.50 Å². The number of aliphatic hydroxyl groups is 1. The molecule has 1 aromatic carbocycles. The molecule has 0 radical (unpaired) electrons. The monoisotopic (exact) mass is 482 g/mol. The first kappa shape index (κ1) is 21.9. The summed E-state index contributed by atoms with van der Waals surface area (Å²) in [5, 5.41) is 16.5. The number of fused-ring (bicyclic) bond motifs is 4. The molecule has 5 heterocycles. The van der Waals surface area contributed by atoms with Gasteiger partial charge in [-0.05, 0) is 25.8 Å². The van der Waals surface area contributed by atoms with Gasteiger partial charge in [0.15, 0.2) is 23.2 Å². The van der Waals surface area contributed by atoms with Crippen LogP contribution < -0.4 is 20.3 Å². The Balaban J connectivity index is 1.51. The average Bonchev–Trinajstić information content (AvgIpc) is 3.54. The molecule has 3 atom stereocenters. The number of aliphatic hydroxyl groups excluding tert-OH is 1. The summed E-state index contributed by atoms with van der Waals surface area (Å²) >= 11 is 0. The summed E-state index contributed by atoms with van der Waals surface area (Å²) in [6.07, 6.45) is 3.08. The Bertz CT molecular complexity index is 1410. The number of nitrogens with zero attached hydrogens (tertiary/aromatic N) is 5. The summed E-state index contributed by atoms with van der Waals surface area (Å²) < 4.78 is 35.5. The molecule has 0 spiro atoms. The van der Waals surface area contributed by atoms with Crippen LogP contribution in [0.3, 0.4) is 0 Å². The van der Waals surface area contributed by atoms with Gasteiger partial charge in [-0.2, -0.15) is 9.97 Å². The summed E-state index contributed by atoms with van der Waals surface area (Å²) in [5.41, 5.74) is 1.14. The van der Waals surface area contributed by atoms with Gasteiger partial charge >= 0.3 is 6.01 Å². The molecule has 3 aromatic heterocycles. The number of ether oxygens (including phenoxy) is 1. The zero-order chi connectivity index (χ0) is 24.3. The Labute approximate surface area is 198 Å². The number of hydrogen-bond donors (Lipinski definition) is 4. The first-order valence-electron chi connectivity index (χ1n) is 11.5. The lowest BCUT2D eigenvalue weighted by molar-refractivity contribution is 0.188. The Morgan fingerprint density at radius 1 is 1.20 bits per heavy atom. The van der Waals surface area contributed by atoms with Crippen molar-refractivity contribution in [2.75, 3.05) is 36.9 Å². The molecule has 0 saturated carbocycles. The van der Waals surface area contributed by atoms with E-state index < -0.39 is 17.7 Å². The molecular formula is C23H24F2N8O2. The number of nitrogens with one attached hydrogen (secondary N) is 3. The topological polar surface area (TPSA) is 124 Å². The van der Waals surface area contributed by atoms with Gasteiger partial charge in [0.2, 0.25) is 0 Å². The highest BCUT2D eigenvalue weighted by Gasteiger charge is 2.38. The number of rotatable bonds is 5. The predicted molar refractivity (Wildman–Crippen MR) is 126 cm³/mol. The zero-order valence-electron chi connectivity index (χ0n) is 19.1. The molecule has 10 nitrogen and oxygen atoms in total. The Morgan fingerprint density at radius 2 is 2.00 bits per heavy atom. The average molecular weight is 482 g/mol. The van der Waals surface area contributed by atoms with E-state index >= 15 is 4.39 Å². The van der Waals surface area contributed by atoms with Crippen LogP contribution in [0.1, 0.15) is 25.3 Å². The number of anilines is 2. The molecule has 6 rings (SSSR count). The van der Waals surface area contributed by atoms with Gasteiger partial charge in [0, 0.05) is 32.2 Å². The van der Waals surface area contributed by atoms with Gasteiger partial charge in [0.05, 0.1) is 34.4 Å². The van der Waals surface area contributed by atoms with Crippen LogP contribution in [0.15, 0.2) is 18.5 Å². The molecule has 35 heavy (non-hydrogen) atoms. The fourth-order valence-electron chi connectivity index (χ4n) is 5.05. The minimum atomic E-state index is -0.955. The molecule has 4 aromatic rings. The lowest BCUT2D eigenvalue weighted by atomic mass is 10.1. The number of aromatic nitrogens is 5. The summed E-state index contributed by atoms with van der Waals surface area (Å²) in [4.78, 5) is 22.5. The normalized spacial score (nSPS) is 20.5. The number of aromatic amines is 1. The van der Waals surface area contributed by atoms with Crippen LogP contribution in [-0.2, 0) is 0 Å². The SMILES string of the molecule is CNc1cc(F)c(F)c2c1[nH]c1nc(Oc3cnc([C@@H](C)O)nc3)nc(N3C[C@H]4CCN[C@H]4C3)c12. The van der Waals surface area contributed by atoms with Gasteiger partial charge in [0.1, 0.15) is 17.6 Å². The molecule has 2 saturated heterocycles. The molecule has 12 heteroatoms. The summed E-state index contributed by atoms with van der Waals surface area (Å²) in [6.45, 7) is 3.96. The Morgan fingerprint density at radius 3 is 2.71 bits per heavy atom. The van der Waals surface area contributed by atoms with E-state index in [2.05, 4.69) is 40.5 Å². The first-order chi connectivity index (χ1) is 16.9. The summed E-state index contributed by atoms with van der Waals surface area (Å²) in [7, 11) is 1.64. The predicted octanol–water partition coefficient (Wildman–Crippen LogP) is 2.86. The summed E-state index contributed by atoms with van der Waals surface area (Å²) in [6, 6.07) is 1.44. The van der Waals surface area contributed by atoms with Gasteiger partial charge in [0.25, 0.3) is 0 Å². The second-order valence-corrected chi connectivity index (χ2v) is 8.97. The number of halogens is 2. The van der Waals surface area contributed by atoms with E-state index in [1.165, 1.54) is 12.4 Å². The zero-order valence-corrected chi connectivity index (χ0v) is 19.1. The molecule has 182 valence electrons. The fraction of sp³-hybridized carbons (Fsp3) is 0.391. The van der Waals surface area contributed by atoms with Crippen molar-refractivity contribution in [1.29, 1.82) is 0 Å². The highest BCUT2D eigenvalue weighted by Crippen LogP contribution is 2.40. The van der Waals surface area contributed by atoms with Gasteiger partial charge in [-0.3, -0.25) is 0 Å². The lowest BCUT2D eigenvalue weighted by Gasteiger charge is -2.20. The van der Waals surface area contributed by atoms with Crippen LogP contribution in [0.2, 0.25) is 0 Å². The maximum absolute atomic E-state index is 15.1. The van der Waals surface area contributed by atoms with Crippen molar-refractivity contribution >= 4 is 33.4 Å². The van der Waals surface area contributed by atoms with Crippen LogP contribution in [0, 0.1) is 17.6 Å². The number of H-pyrrole nitrogens is 1. The van der Waals surface area contributed by atoms with Crippen molar-refractivity contribution in [3.63, 3.8) is 0 Å². The Kier molecular flexibility index (Phi) is 5.15. The van der Waals surface area contributed by atoms with Crippen LogP contribution in [0.5, 0.6) is 11.8 Å². The smallest absolute Gasteiger partial charge is 0.326 e. The van der Waals surface area contributed by atoms with Crippen molar-refractivity contribution in [1.82, 2.24) is 30.2 Å². The van der Waals surface area contributed by atoms with Crippen molar-refractivity contribution < 1.29 is 18.6 Å². The molecular weight excluding hydrogens is 458 g/mol. The number of benzene rings is 1. The molecule has 0 aliphatic carbocycles. The van der Waals surface area contributed by atoms with Crippen LogP contribution >= 0.6 is 0 Å². The van der Waals surface area contributed by atoms with Crippen LogP contribution in [0.25, 0.3) is 21.9 Å². The third-order valence-corrected chi connectivity index (χ3v) is 6.74. The molecule has 2 aliphatic heterocycles. The molecule has 0 bridgehead atoms. The second kappa shape index (κ2) is 8.24. The molecule has 2 fully saturated rings. The third kappa shape index (κ3) is 3.60. The third-order valence-electron chi connectivity index (χ3n) is 6.74. The highest BCUT2D eigenvalue weighted by atomic mass is 19.2. The fourth-order valence-corrected chi connectivity index (χ4v) is 5.05. The summed E-state index contributed by atoms with van der Waals surface area (Å²) in [5.74, 6) is -0.444. The quantitative estimate of drug-likeness (QED) is 0.340. The van der Waals surface area contributed by atoms with Crippen molar-refractivity contribution in [3.8, 4) is 11.8 Å². The maximum atomic E-state index is 15.1. The number of hydrogen-bond acceptors (Lipinski definition) is 9. The van der Waals surface area contributed by atoms with E-state index in [0.29, 0.717) is 46.6 Å². The van der Waals surface area contributed by atoms with Gasteiger partial charge < -0.3 is 30.4 Å². The minimum Gasteiger partial charge on any atom is -0.421 e. The van der Waals surface area contributed by atoms with E-state index in [4.69, 9.17) is 4.74 Å². The molecule has 2 aliphatic rings. The van der Waals surface area contributed by atoms with Gasteiger partial charge in [-0.25, -0.2) is 18.7 Å². The largest absolute Gasteiger partial charge is 0.421 e. The first-order valence-corrected chi connectivity index (χ1v) is 11.5. The van der Waals surface area contributed by atoms with Crippen molar-refractivity contribution in [3.05, 3.63) is 35.9 Å². The van der Waals surface area contributed by atoms with E-state index in [-0.39, 0.29) is 23.0 Å². The van der Waals surface area contributed by atoms with Crippen molar-refractivity contribution in [2.24, 2.45) is 5.92 Å². The van der Waals surface area contributed by atoms with E-state index in [0.717, 1.165) is 25.6 Å². The van der Waals surface area contributed by atoms with E-state index in [1.54, 1.807) is 14.0 Å². The highest BCUT2D eigenvalue weighted by molar-refractivity contribution is 6.15.